The van der Waals surface area contributed by atoms with Crippen LogP contribution in [0.25, 0.3) is 0 Å². The molecule has 0 aromatic rings. The Labute approximate surface area is 141 Å². The van der Waals surface area contributed by atoms with Gasteiger partial charge in [0.2, 0.25) is 10.0 Å². The van der Waals surface area contributed by atoms with Crippen LogP contribution in [0, 0.1) is 16.7 Å². The van der Waals surface area contributed by atoms with Crippen molar-refractivity contribution in [1.82, 2.24) is 4.31 Å². The van der Waals surface area contributed by atoms with Crippen LogP contribution in [0.15, 0.2) is 0 Å². The number of hydrogen-bond acceptors (Lipinski definition) is 3. The summed E-state index contributed by atoms with van der Waals surface area (Å²) >= 11 is 3.52. The summed E-state index contributed by atoms with van der Waals surface area (Å²) < 4.78 is 27.5. The fraction of sp³-hybridized carbons (Fsp3) is 0.933. The van der Waals surface area contributed by atoms with Crippen LogP contribution in [0.2, 0.25) is 0 Å². The number of carbonyl (C=O) groups excluding carboxylic acids is 1. The van der Waals surface area contributed by atoms with Gasteiger partial charge in [-0.1, -0.05) is 29.8 Å². The Morgan fingerprint density at radius 1 is 1.32 bits per heavy atom. The van der Waals surface area contributed by atoms with E-state index in [0.29, 0.717) is 13.1 Å². The van der Waals surface area contributed by atoms with Crippen LogP contribution in [0.4, 0.5) is 0 Å². The van der Waals surface area contributed by atoms with E-state index in [-0.39, 0.29) is 22.3 Å². The van der Waals surface area contributed by atoms with Crippen molar-refractivity contribution in [2.75, 3.05) is 39.0 Å². The van der Waals surface area contributed by atoms with Gasteiger partial charge in [-0.25, -0.2) is 8.42 Å². The van der Waals surface area contributed by atoms with Gasteiger partial charge >= 0.3 is 0 Å². The molecule has 0 radical (unpaired) electrons. The molecule has 3 aliphatic rings. The van der Waals surface area contributed by atoms with Gasteiger partial charge in [-0.3, -0.25) is 4.79 Å². The van der Waals surface area contributed by atoms with Crippen molar-refractivity contribution in [2.24, 2.45) is 16.7 Å². The number of carbonyl (C=O) groups is 1. The van der Waals surface area contributed by atoms with E-state index in [1.807, 2.05) is 13.8 Å². The average Bonchev–Trinajstić information content (AvgIpc) is 2.75. The first-order valence-electron chi connectivity index (χ1n) is 8.09. The van der Waals surface area contributed by atoms with Crippen molar-refractivity contribution in [3.05, 3.63) is 0 Å². The number of quaternary nitrogens is 1. The van der Waals surface area contributed by atoms with Gasteiger partial charge in [0, 0.05) is 5.41 Å². The maximum absolute atomic E-state index is 12.9. The molecule has 7 heteroatoms. The molecule has 1 N–H and O–H groups in total. The third-order valence-electron chi connectivity index (χ3n) is 6.63. The number of alkyl halides is 1. The van der Waals surface area contributed by atoms with E-state index in [2.05, 4.69) is 23.0 Å². The van der Waals surface area contributed by atoms with E-state index in [0.717, 1.165) is 25.9 Å². The number of nitrogens with zero attached hydrogens (tertiary/aromatic N) is 1. The minimum absolute atomic E-state index is 0.105. The van der Waals surface area contributed by atoms with Crippen molar-refractivity contribution in [2.45, 2.75) is 31.5 Å². The molecule has 2 saturated carbocycles. The number of hydrogen-bond donors (Lipinski definition) is 1. The first-order chi connectivity index (χ1) is 10.1. The molecule has 0 aromatic heterocycles. The van der Waals surface area contributed by atoms with E-state index in [4.69, 9.17) is 0 Å². The molecule has 2 aliphatic carbocycles. The summed E-state index contributed by atoms with van der Waals surface area (Å²) in [5, 5.41) is 0. The highest BCUT2D eigenvalue weighted by atomic mass is 79.9. The molecule has 22 heavy (non-hydrogen) atoms. The second-order valence-corrected chi connectivity index (χ2v) is 10.7. The van der Waals surface area contributed by atoms with E-state index in [1.165, 1.54) is 4.90 Å². The lowest BCUT2D eigenvalue weighted by Gasteiger charge is -2.38. The summed E-state index contributed by atoms with van der Waals surface area (Å²) in [5.41, 5.74) is -0.954. The summed E-state index contributed by atoms with van der Waals surface area (Å²) in [7, 11) is -1.22. The fourth-order valence-corrected chi connectivity index (χ4v) is 8.27. The molecule has 126 valence electrons. The molecule has 3 fully saturated rings. The van der Waals surface area contributed by atoms with Crippen molar-refractivity contribution in [3.63, 3.8) is 0 Å². The smallest absolute Gasteiger partial charge is 0.215 e. The van der Waals surface area contributed by atoms with Crippen LogP contribution < -0.4 is 4.90 Å². The molecule has 1 heterocycles. The SMILES string of the molecule is C[NH+]1CCN(S(=O)(=O)C[C@]2(C)[C@@H]3CC[C@@]2(C)C(=O)[C@H]3Br)CC1. The van der Waals surface area contributed by atoms with Gasteiger partial charge in [0.1, 0.15) is 0 Å². The van der Waals surface area contributed by atoms with Gasteiger partial charge in [0.05, 0.1) is 43.8 Å². The zero-order valence-corrected chi connectivity index (χ0v) is 16.0. The topological polar surface area (TPSA) is 58.9 Å². The molecule has 2 bridgehead atoms. The van der Waals surface area contributed by atoms with Crippen LogP contribution >= 0.6 is 15.9 Å². The molecule has 0 aromatic carbocycles. The number of rotatable bonds is 3. The number of sulfonamides is 1. The lowest BCUT2D eigenvalue weighted by Crippen LogP contribution is -3.12. The summed E-state index contributed by atoms with van der Waals surface area (Å²) in [5.74, 6) is 0.441. The predicted molar refractivity (Wildman–Crippen MR) is 88.6 cm³/mol. The van der Waals surface area contributed by atoms with E-state index >= 15 is 0 Å². The molecular weight excluding hydrogens is 368 g/mol. The number of ketones is 1. The zero-order valence-electron chi connectivity index (χ0n) is 13.6. The standard InChI is InChI=1S/C15H25BrN2O3S/c1-14-5-4-11(12(16)13(14)19)15(14,2)10-22(20,21)18-8-6-17(3)7-9-18/h11-12H,4-10H2,1-3H3/p+1/t11-,12+,14+,15-/m1/s1. The lowest BCUT2D eigenvalue weighted by molar-refractivity contribution is -0.883. The molecule has 1 aliphatic heterocycles. The van der Waals surface area contributed by atoms with Gasteiger partial charge in [0.15, 0.2) is 5.78 Å². The fourth-order valence-electron chi connectivity index (χ4n) is 4.70. The second-order valence-electron chi connectivity index (χ2n) is 7.77. The van der Waals surface area contributed by atoms with Gasteiger partial charge in [-0.2, -0.15) is 4.31 Å². The van der Waals surface area contributed by atoms with Gasteiger partial charge < -0.3 is 4.90 Å². The number of likely N-dealkylation sites (N-methyl/N-ethyl adjacent to an activating group) is 1. The molecule has 1 saturated heterocycles. The minimum Gasteiger partial charge on any atom is -0.335 e. The van der Waals surface area contributed by atoms with E-state index in [9.17, 15) is 13.2 Å². The molecule has 5 nitrogen and oxygen atoms in total. The summed E-state index contributed by atoms with van der Waals surface area (Å²) in [4.78, 5) is 13.7. The number of Topliss-reactive ketones (excluding diaryl/α,β-unsaturated/α-hetero) is 1. The highest BCUT2D eigenvalue weighted by Gasteiger charge is 2.68. The van der Waals surface area contributed by atoms with Crippen molar-refractivity contribution >= 4 is 31.7 Å². The molecule has 4 atom stereocenters. The number of nitrogens with one attached hydrogen (secondary N) is 1. The Morgan fingerprint density at radius 2 is 1.91 bits per heavy atom. The van der Waals surface area contributed by atoms with E-state index < -0.39 is 20.9 Å². The number of fused-ring (bicyclic) bond motifs is 2. The maximum atomic E-state index is 12.9. The molecule has 3 rings (SSSR count). The Bertz CT molecular complexity index is 588. The Kier molecular flexibility index (Phi) is 4.03. The summed E-state index contributed by atoms with van der Waals surface area (Å²) in [6.07, 6.45) is 1.76. The summed E-state index contributed by atoms with van der Waals surface area (Å²) in [6, 6.07) is 0. The second kappa shape index (κ2) is 5.26. The normalized spacial score (nSPS) is 43.9. The maximum Gasteiger partial charge on any atom is 0.215 e. The Morgan fingerprint density at radius 3 is 2.41 bits per heavy atom. The minimum atomic E-state index is -3.31. The zero-order chi connectivity index (χ0) is 16.3. The van der Waals surface area contributed by atoms with Crippen LogP contribution in [0.5, 0.6) is 0 Å². The Hall–Kier alpha value is 0.0200. The average molecular weight is 394 g/mol. The van der Waals surface area contributed by atoms with Crippen LogP contribution in [-0.2, 0) is 14.8 Å². The van der Waals surface area contributed by atoms with Gasteiger partial charge in [-0.05, 0) is 24.2 Å². The molecule has 0 unspecified atom stereocenters. The van der Waals surface area contributed by atoms with Crippen molar-refractivity contribution in [3.8, 4) is 0 Å². The first-order valence-corrected chi connectivity index (χ1v) is 10.6. The van der Waals surface area contributed by atoms with Crippen LogP contribution in [0.1, 0.15) is 26.7 Å². The monoisotopic (exact) mass is 393 g/mol. The lowest BCUT2D eigenvalue weighted by atomic mass is 9.70. The highest BCUT2D eigenvalue weighted by molar-refractivity contribution is 9.10. The predicted octanol–water partition coefficient (Wildman–Crippen LogP) is -0.0847. The molecule has 0 spiro atoms. The van der Waals surface area contributed by atoms with Crippen molar-refractivity contribution in [1.29, 1.82) is 0 Å². The molecule has 0 amide bonds. The molecular formula is C15H26BrN2O3S+. The largest absolute Gasteiger partial charge is 0.335 e. The number of halogens is 1. The Balaban J connectivity index is 1.85. The van der Waals surface area contributed by atoms with Crippen LogP contribution in [-0.4, -0.2) is 62.3 Å². The summed E-state index contributed by atoms with van der Waals surface area (Å²) in [6.45, 7) is 6.89. The third-order valence-corrected chi connectivity index (χ3v) is 9.80. The number of piperazine rings is 1. The third kappa shape index (κ3) is 2.23. The van der Waals surface area contributed by atoms with Gasteiger partial charge in [-0.15, -0.1) is 0 Å². The van der Waals surface area contributed by atoms with E-state index in [1.54, 1.807) is 4.31 Å². The quantitative estimate of drug-likeness (QED) is 0.682. The highest BCUT2D eigenvalue weighted by Crippen LogP contribution is 2.65. The van der Waals surface area contributed by atoms with Crippen molar-refractivity contribution < 1.29 is 18.1 Å². The van der Waals surface area contributed by atoms with Crippen LogP contribution in [0.3, 0.4) is 0 Å². The first kappa shape index (κ1) is 16.9. The van der Waals surface area contributed by atoms with Gasteiger partial charge in [0.25, 0.3) is 0 Å².